The minimum absolute atomic E-state index is 0.111. The summed E-state index contributed by atoms with van der Waals surface area (Å²) in [6.07, 6.45) is 10.3. The Morgan fingerprint density at radius 3 is 2.75 bits per heavy atom. The van der Waals surface area contributed by atoms with Gasteiger partial charge in [0.25, 0.3) is 0 Å². The topological polar surface area (TPSA) is 69.0 Å². The number of rotatable bonds is 5. The molecule has 0 unspecified atom stereocenters. The predicted octanol–water partition coefficient (Wildman–Crippen LogP) is 5.77. The van der Waals surface area contributed by atoms with Gasteiger partial charge >= 0.3 is 5.97 Å². The molecule has 1 aliphatic rings. The zero-order chi connectivity index (χ0) is 22.7. The molecule has 6 nitrogen and oxygen atoms in total. The highest BCUT2D eigenvalue weighted by Gasteiger charge is 2.25. The number of pyridine rings is 1. The second kappa shape index (κ2) is 9.15. The fourth-order valence-electron chi connectivity index (χ4n) is 4.37. The lowest BCUT2D eigenvalue weighted by Gasteiger charge is -2.23. The van der Waals surface area contributed by atoms with E-state index < -0.39 is 5.60 Å². The van der Waals surface area contributed by atoms with Crippen LogP contribution in [-0.2, 0) is 23.0 Å². The molecule has 0 fully saturated rings. The summed E-state index contributed by atoms with van der Waals surface area (Å²) in [5, 5.41) is 7.50. The summed E-state index contributed by atoms with van der Waals surface area (Å²) < 4.78 is 7.35. The van der Waals surface area contributed by atoms with Crippen LogP contribution >= 0.6 is 0 Å². The lowest BCUT2D eigenvalue weighted by atomic mass is 9.88. The first kappa shape index (κ1) is 22.1. The van der Waals surface area contributed by atoms with Gasteiger partial charge in [0.05, 0.1) is 18.3 Å². The number of aryl methyl sites for hydroxylation is 2. The molecular weight excluding hydrogens is 400 g/mol. The standard InChI is InChI=1S/C26H32N4O2/c1-26(2,3)32-25(31)15-21-8-6-5-7-20-13-18(9-10-23(20)21)19-11-12-27-24(14-19)29-22-16-28-30(4)17-22/h9-14,16-17,21H,5-8,15H2,1-4H3,(H,27,29)/t21-/m0/s1. The van der Waals surface area contributed by atoms with Crippen LogP contribution in [0.4, 0.5) is 11.5 Å². The molecule has 1 N–H and O–H groups in total. The Morgan fingerprint density at radius 2 is 2.00 bits per heavy atom. The van der Waals surface area contributed by atoms with Crippen molar-refractivity contribution >= 4 is 17.5 Å². The third kappa shape index (κ3) is 5.55. The Hall–Kier alpha value is -3.15. The van der Waals surface area contributed by atoms with E-state index in [0.717, 1.165) is 42.8 Å². The molecule has 1 atom stereocenters. The van der Waals surface area contributed by atoms with E-state index in [0.29, 0.717) is 6.42 Å². The molecule has 0 aliphatic heterocycles. The van der Waals surface area contributed by atoms with Gasteiger partial charge in [-0.1, -0.05) is 24.6 Å². The highest BCUT2D eigenvalue weighted by atomic mass is 16.6. The van der Waals surface area contributed by atoms with Gasteiger partial charge in [0, 0.05) is 19.4 Å². The molecule has 0 bridgehead atoms. The van der Waals surface area contributed by atoms with Gasteiger partial charge in [0.15, 0.2) is 0 Å². The number of ether oxygens (including phenoxy) is 1. The quantitative estimate of drug-likeness (QED) is 0.410. The molecule has 2 heterocycles. The first-order valence-corrected chi connectivity index (χ1v) is 11.3. The fraction of sp³-hybridized carbons (Fsp3) is 0.423. The number of nitrogens with one attached hydrogen (secondary N) is 1. The Bertz CT molecular complexity index is 1100. The number of benzene rings is 1. The molecule has 2 aromatic heterocycles. The van der Waals surface area contributed by atoms with Crippen LogP contribution in [0.5, 0.6) is 0 Å². The van der Waals surface area contributed by atoms with Gasteiger partial charge in [-0.2, -0.15) is 5.10 Å². The smallest absolute Gasteiger partial charge is 0.306 e. The molecule has 1 aromatic carbocycles. The van der Waals surface area contributed by atoms with Crippen molar-refractivity contribution in [2.24, 2.45) is 7.05 Å². The number of anilines is 2. The summed E-state index contributed by atoms with van der Waals surface area (Å²) >= 11 is 0. The van der Waals surface area contributed by atoms with Crippen LogP contribution in [-0.4, -0.2) is 26.3 Å². The number of aromatic nitrogens is 3. The van der Waals surface area contributed by atoms with Gasteiger partial charge in [-0.3, -0.25) is 9.48 Å². The Morgan fingerprint density at radius 1 is 1.19 bits per heavy atom. The van der Waals surface area contributed by atoms with Crippen molar-refractivity contribution in [3.05, 3.63) is 60.0 Å². The number of fused-ring (bicyclic) bond motifs is 1. The molecule has 6 heteroatoms. The fourth-order valence-corrected chi connectivity index (χ4v) is 4.37. The number of carbonyl (C=O) groups is 1. The van der Waals surface area contributed by atoms with Gasteiger partial charge < -0.3 is 10.1 Å². The third-order valence-corrected chi connectivity index (χ3v) is 5.74. The van der Waals surface area contributed by atoms with Gasteiger partial charge in [-0.15, -0.1) is 0 Å². The van der Waals surface area contributed by atoms with Gasteiger partial charge in [0.2, 0.25) is 0 Å². The summed E-state index contributed by atoms with van der Waals surface area (Å²) in [4.78, 5) is 16.9. The molecule has 3 aromatic rings. The van der Waals surface area contributed by atoms with Crippen LogP contribution in [0.15, 0.2) is 48.9 Å². The maximum atomic E-state index is 12.5. The van der Waals surface area contributed by atoms with E-state index in [1.165, 1.54) is 16.7 Å². The number of esters is 1. The van der Waals surface area contributed by atoms with Crippen molar-refractivity contribution < 1.29 is 9.53 Å². The summed E-state index contributed by atoms with van der Waals surface area (Å²) in [7, 11) is 1.89. The van der Waals surface area contributed by atoms with E-state index in [-0.39, 0.29) is 11.9 Å². The van der Waals surface area contributed by atoms with E-state index >= 15 is 0 Å². The van der Waals surface area contributed by atoms with E-state index in [4.69, 9.17) is 4.74 Å². The lowest BCUT2D eigenvalue weighted by molar-refractivity contribution is -0.155. The molecular formula is C26H32N4O2. The number of hydrogen-bond acceptors (Lipinski definition) is 5. The Kier molecular flexibility index (Phi) is 6.31. The summed E-state index contributed by atoms with van der Waals surface area (Å²) in [6, 6.07) is 10.7. The van der Waals surface area contributed by atoms with Crippen LogP contribution in [0.2, 0.25) is 0 Å². The monoisotopic (exact) mass is 432 g/mol. The molecule has 0 saturated carbocycles. The average Bonchev–Trinajstić information content (AvgIpc) is 3.02. The van der Waals surface area contributed by atoms with Gasteiger partial charge in [-0.05, 0) is 80.3 Å². The van der Waals surface area contributed by atoms with Crippen molar-refractivity contribution in [1.29, 1.82) is 0 Å². The number of nitrogens with zero attached hydrogens (tertiary/aromatic N) is 3. The maximum Gasteiger partial charge on any atom is 0.306 e. The minimum Gasteiger partial charge on any atom is -0.460 e. The van der Waals surface area contributed by atoms with Crippen molar-refractivity contribution in [3.63, 3.8) is 0 Å². The van der Waals surface area contributed by atoms with Crippen molar-refractivity contribution in [1.82, 2.24) is 14.8 Å². The molecule has 0 saturated heterocycles. The Labute approximate surface area is 190 Å². The second-order valence-electron chi connectivity index (χ2n) is 9.60. The molecule has 4 rings (SSSR count). The summed E-state index contributed by atoms with van der Waals surface area (Å²) in [5.74, 6) is 0.893. The molecule has 0 radical (unpaired) electrons. The van der Waals surface area contributed by atoms with E-state index in [1.807, 2.05) is 46.3 Å². The Balaban J connectivity index is 1.56. The average molecular weight is 433 g/mol. The summed E-state index contributed by atoms with van der Waals surface area (Å²) in [6.45, 7) is 5.76. The predicted molar refractivity (Wildman–Crippen MR) is 127 cm³/mol. The van der Waals surface area contributed by atoms with Gasteiger partial charge in [-0.25, -0.2) is 4.98 Å². The van der Waals surface area contributed by atoms with E-state index in [2.05, 4.69) is 39.7 Å². The third-order valence-electron chi connectivity index (χ3n) is 5.74. The molecule has 0 spiro atoms. The van der Waals surface area contributed by atoms with Crippen LogP contribution < -0.4 is 5.32 Å². The first-order valence-electron chi connectivity index (χ1n) is 11.3. The summed E-state index contributed by atoms with van der Waals surface area (Å²) in [5.41, 5.74) is 5.37. The normalized spacial score (nSPS) is 16.2. The zero-order valence-corrected chi connectivity index (χ0v) is 19.4. The second-order valence-corrected chi connectivity index (χ2v) is 9.60. The van der Waals surface area contributed by atoms with Crippen LogP contribution in [0.3, 0.4) is 0 Å². The molecule has 1 aliphatic carbocycles. The van der Waals surface area contributed by atoms with Crippen molar-refractivity contribution in [2.45, 2.75) is 64.4 Å². The molecule has 32 heavy (non-hydrogen) atoms. The molecule has 168 valence electrons. The van der Waals surface area contributed by atoms with E-state index in [9.17, 15) is 4.79 Å². The maximum absolute atomic E-state index is 12.5. The van der Waals surface area contributed by atoms with Crippen LogP contribution in [0, 0.1) is 0 Å². The highest BCUT2D eigenvalue weighted by Crippen LogP contribution is 2.36. The van der Waals surface area contributed by atoms with E-state index in [1.54, 1.807) is 10.9 Å². The number of hydrogen-bond donors (Lipinski definition) is 1. The van der Waals surface area contributed by atoms with Crippen LogP contribution in [0.25, 0.3) is 11.1 Å². The number of carbonyl (C=O) groups excluding carboxylic acids is 1. The lowest BCUT2D eigenvalue weighted by Crippen LogP contribution is -2.25. The van der Waals surface area contributed by atoms with Crippen molar-refractivity contribution in [3.8, 4) is 11.1 Å². The first-order chi connectivity index (χ1) is 15.3. The van der Waals surface area contributed by atoms with Gasteiger partial charge in [0.1, 0.15) is 11.4 Å². The highest BCUT2D eigenvalue weighted by molar-refractivity contribution is 5.72. The SMILES string of the molecule is Cn1cc(Nc2cc(-c3ccc4c(c3)CCCC[C@H]4CC(=O)OC(C)(C)C)ccn2)cn1. The van der Waals surface area contributed by atoms with Crippen LogP contribution in [0.1, 0.15) is 63.5 Å². The largest absolute Gasteiger partial charge is 0.460 e. The molecule has 0 amide bonds. The zero-order valence-electron chi connectivity index (χ0n) is 19.4. The minimum atomic E-state index is -0.447. The van der Waals surface area contributed by atoms with Crippen molar-refractivity contribution in [2.75, 3.05) is 5.32 Å².